The number of benzene rings is 2. The smallest absolute Gasteiger partial charge is 0.251 e. The molecular formula is C22H23ClN4O3S. The number of nitrogens with zero attached hydrogens (tertiary/aromatic N) is 3. The highest BCUT2D eigenvalue weighted by molar-refractivity contribution is 7.99. The van der Waals surface area contributed by atoms with Gasteiger partial charge in [0, 0.05) is 22.7 Å². The molecule has 0 bridgehead atoms. The number of ether oxygens (including phenoxy) is 1. The molecule has 0 aliphatic heterocycles. The second kappa shape index (κ2) is 10.5. The van der Waals surface area contributed by atoms with Crippen molar-refractivity contribution in [2.75, 3.05) is 12.9 Å². The molecule has 2 aromatic carbocycles. The van der Waals surface area contributed by atoms with Crippen molar-refractivity contribution in [1.82, 2.24) is 20.1 Å². The number of carbonyl (C=O) groups excluding carboxylic acids is 2. The lowest BCUT2D eigenvalue weighted by Crippen LogP contribution is -2.28. The molecule has 1 N–H and O–H groups in total. The van der Waals surface area contributed by atoms with Crippen LogP contribution in [0.25, 0.3) is 0 Å². The largest absolute Gasteiger partial charge is 0.497 e. The predicted octanol–water partition coefficient (Wildman–Crippen LogP) is 4.43. The lowest BCUT2D eigenvalue weighted by molar-refractivity contribution is 0.0936. The van der Waals surface area contributed by atoms with E-state index in [0.717, 1.165) is 0 Å². The van der Waals surface area contributed by atoms with E-state index in [1.165, 1.54) is 11.8 Å². The van der Waals surface area contributed by atoms with Gasteiger partial charge in [0.2, 0.25) is 0 Å². The van der Waals surface area contributed by atoms with Crippen LogP contribution in [0.15, 0.2) is 53.7 Å². The van der Waals surface area contributed by atoms with Crippen LogP contribution in [0, 0.1) is 0 Å². The molecule has 0 radical (unpaired) electrons. The first-order valence-corrected chi connectivity index (χ1v) is 11.1. The summed E-state index contributed by atoms with van der Waals surface area (Å²) in [6.07, 6.45) is 0. The van der Waals surface area contributed by atoms with Crippen LogP contribution in [0.4, 0.5) is 0 Å². The van der Waals surface area contributed by atoms with Gasteiger partial charge >= 0.3 is 0 Å². The highest BCUT2D eigenvalue weighted by Crippen LogP contribution is 2.22. The molecular weight excluding hydrogens is 436 g/mol. The van der Waals surface area contributed by atoms with Crippen LogP contribution in [-0.4, -0.2) is 39.3 Å². The lowest BCUT2D eigenvalue weighted by Gasteiger charge is -2.15. The van der Waals surface area contributed by atoms with Crippen molar-refractivity contribution in [3.8, 4) is 5.75 Å². The normalized spacial score (nSPS) is 11.7. The predicted molar refractivity (Wildman–Crippen MR) is 121 cm³/mol. The maximum Gasteiger partial charge on any atom is 0.251 e. The van der Waals surface area contributed by atoms with Gasteiger partial charge in [0.25, 0.3) is 5.91 Å². The standard InChI is InChI=1S/C22H23ClN4O3S/c1-4-27-20(14(2)24-21(29)16-7-11-18(30-3)12-8-16)25-26-22(27)31-13-19(28)15-5-9-17(23)10-6-15/h5-12,14H,4,13H2,1-3H3,(H,24,29). The fourth-order valence-corrected chi connectivity index (χ4v) is 3.99. The number of nitrogens with one attached hydrogen (secondary N) is 1. The number of amides is 1. The third kappa shape index (κ3) is 5.65. The number of thioether (sulfide) groups is 1. The average Bonchev–Trinajstić information content (AvgIpc) is 3.21. The summed E-state index contributed by atoms with van der Waals surface area (Å²) in [5, 5.41) is 12.6. The Bertz CT molecular complexity index is 1050. The first kappa shape index (κ1) is 22.8. The van der Waals surface area contributed by atoms with Crippen LogP contribution < -0.4 is 10.1 Å². The molecule has 1 unspecified atom stereocenters. The van der Waals surface area contributed by atoms with Gasteiger partial charge < -0.3 is 14.6 Å². The number of halogens is 1. The van der Waals surface area contributed by atoms with Gasteiger partial charge in [-0.05, 0) is 62.4 Å². The minimum atomic E-state index is -0.358. The van der Waals surface area contributed by atoms with Crippen LogP contribution in [0.2, 0.25) is 5.02 Å². The zero-order valence-electron chi connectivity index (χ0n) is 17.5. The van der Waals surface area contributed by atoms with Crippen molar-refractivity contribution < 1.29 is 14.3 Å². The molecule has 1 aromatic heterocycles. The summed E-state index contributed by atoms with van der Waals surface area (Å²) >= 11 is 7.19. The van der Waals surface area contributed by atoms with Crippen molar-refractivity contribution in [2.45, 2.75) is 31.6 Å². The highest BCUT2D eigenvalue weighted by Gasteiger charge is 2.20. The molecule has 1 atom stereocenters. The minimum Gasteiger partial charge on any atom is -0.497 e. The molecule has 9 heteroatoms. The van der Waals surface area contributed by atoms with E-state index in [2.05, 4.69) is 15.5 Å². The van der Waals surface area contributed by atoms with Crippen molar-refractivity contribution in [2.24, 2.45) is 0 Å². The lowest BCUT2D eigenvalue weighted by atomic mass is 10.1. The maximum absolute atomic E-state index is 12.6. The Balaban J connectivity index is 1.66. The molecule has 0 saturated carbocycles. The molecule has 0 spiro atoms. The third-order valence-corrected chi connectivity index (χ3v) is 5.87. The summed E-state index contributed by atoms with van der Waals surface area (Å²) < 4.78 is 7.02. The highest BCUT2D eigenvalue weighted by atomic mass is 35.5. The average molecular weight is 459 g/mol. The van der Waals surface area contributed by atoms with E-state index in [9.17, 15) is 9.59 Å². The topological polar surface area (TPSA) is 86.1 Å². The van der Waals surface area contributed by atoms with Gasteiger partial charge in [0.05, 0.1) is 18.9 Å². The van der Waals surface area contributed by atoms with Crippen molar-refractivity contribution in [3.05, 3.63) is 70.5 Å². The Labute approximate surface area is 190 Å². The van der Waals surface area contributed by atoms with E-state index in [-0.39, 0.29) is 23.5 Å². The number of ketones is 1. The number of methoxy groups -OCH3 is 1. The fraction of sp³-hybridized carbons (Fsp3) is 0.273. The molecule has 0 aliphatic carbocycles. The maximum atomic E-state index is 12.6. The van der Waals surface area contributed by atoms with Gasteiger partial charge in [-0.15, -0.1) is 10.2 Å². The number of Topliss-reactive ketones (excluding diaryl/α,β-unsaturated/α-hetero) is 1. The summed E-state index contributed by atoms with van der Waals surface area (Å²) in [4.78, 5) is 25.0. The van der Waals surface area contributed by atoms with Crippen molar-refractivity contribution >= 4 is 35.1 Å². The van der Waals surface area contributed by atoms with E-state index >= 15 is 0 Å². The van der Waals surface area contributed by atoms with E-state index in [1.807, 2.05) is 18.4 Å². The quantitative estimate of drug-likeness (QED) is 0.377. The van der Waals surface area contributed by atoms with Crippen molar-refractivity contribution in [3.63, 3.8) is 0 Å². The molecule has 31 heavy (non-hydrogen) atoms. The first-order valence-electron chi connectivity index (χ1n) is 9.72. The summed E-state index contributed by atoms with van der Waals surface area (Å²) in [6, 6.07) is 13.3. The Hall–Kier alpha value is -2.84. The number of hydrogen-bond acceptors (Lipinski definition) is 6. The zero-order valence-corrected chi connectivity index (χ0v) is 19.0. The molecule has 3 aromatic rings. The monoisotopic (exact) mass is 458 g/mol. The number of rotatable bonds is 9. The zero-order chi connectivity index (χ0) is 22.4. The summed E-state index contributed by atoms with van der Waals surface area (Å²) in [5.41, 5.74) is 1.12. The molecule has 162 valence electrons. The van der Waals surface area contributed by atoms with Gasteiger partial charge in [0.1, 0.15) is 5.75 Å². The molecule has 1 amide bonds. The Morgan fingerprint density at radius 3 is 2.35 bits per heavy atom. The van der Waals surface area contributed by atoms with Gasteiger partial charge in [-0.3, -0.25) is 9.59 Å². The Kier molecular flexibility index (Phi) is 7.70. The SMILES string of the molecule is CCn1c(SCC(=O)c2ccc(Cl)cc2)nnc1C(C)NC(=O)c1ccc(OC)cc1. The van der Waals surface area contributed by atoms with Gasteiger partial charge in [-0.25, -0.2) is 0 Å². The summed E-state index contributed by atoms with van der Waals surface area (Å²) in [5.74, 6) is 1.31. The van der Waals surface area contributed by atoms with Gasteiger partial charge in [0.15, 0.2) is 16.8 Å². The second-order valence-corrected chi connectivity index (χ2v) is 8.11. The van der Waals surface area contributed by atoms with Crippen LogP contribution in [0.1, 0.15) is 46.4 Å². The number of aromatic nitrogens is 3. The molecule has 0 aliphatic rings. The number of hydrogen-bond donors (Lipinski definition) is 1. The molecule has 0 saturated heterocycles. The first-order chi connectivity index (χ1) is 14.9. The van der Waals surface area contributed by atoms with E-state index in [0.29, 0.717) is 39.4 Å². The number of carbonyl (C=O) groups is 2. The molecule has 0 fully saturated rings. The van der Waals surface area contributed by atoms with E-state index in [4.69, 9.17) is 16.3 Å². The molecule has 7 nitrogen and oxygen atoms in total. The third-order valence-electron chi connectivity index (χ3n) is 4.65. The Morgan fingerprint density at radius 2 is 1.74 bits per heavy atom. The van der Waals surface area contributed by atoms with Crippen LogP contribution >= 0.6 is 23.4 Å². The van der Waals surface area contributed by atoms with Crippen LogP contribution in [0.3, 0.4) is 0 Å². The van der Waals surface area contributed by atoms with Crippen LogP contribution in [0.5, 0.6) is 5.75 Å². The van der Waals surface area contributed by atoms with E-state index in [1.54, 1.807) is 55.6 Å². The summed E-state index contributed by atoms with van der Waals surface area (Å²) in [7, 11) is 1.58. The fourth-order valence-electron chi connectivity index (χ4n) is 2.96. The summed E-state index contributed by atoms with van der Waals surface area (Å²) in [6.45, 7) is 4.43. The minimum absolute atomic E-state index is 0.0188. The van der Waals surface area contributed by atoms with Gasteiger partial charge in [-0.2, -0.15) is 0 Å². The van der Waals surface area contributed by atoms with Crippen LogP contribution in [-0.2, 0) is 6.54 Å². The van der Waals surface area contributed by atoms with E-state index < -0.39 is 0 Å². The van der Waals surface area contributed by atoms with Gasteiger partial charge in [-0.1, -0.05) is 23.4 Å². The van der Waals surface area contributed by atoms with Crippen molar-refractivity contribution in [1.29, 1.82) is 0 Å². The second-order valence-electron chi connectivity index (χ2n) is 6.73. The molecule has 1 heterocycles. The molecule has 3 rings (SSSR count). The Morgan fingerprint density at radius 1 is 1.10 bits per heavy atom.